The number of ether oxygens (including phenoxy) is 1. The number of carbonyl (C=O) groups excluding carboxylic acids is 1. The smallest absolute Gasteiger partial charge is 0.244 e. The van der Waals surface area contributed by atoms with Gasteiger partial charge in [-0.15, -0.1) is 0 Å². The van der Waals surface area contributed by atoms with Gasteiger partial charge in [-0.2, -0.15) is 5.10 Å². The van der Waals surface area contributed by atoms with Gasteiger partial charge in [0, 0.05) is 11.9 Å². The van der Waals surface area contributed by atoms with Gasteiger partial charge in [0.2, 0.25) is 5.91 Å². The van der Waals surface area contributed by atoms with E-state index in [1.54, 1.807) is 4.68 Å². The van der Waals surface area contributed by atoms with Crippen molar-refractivity contribution in [2.75, 3.05) is 6.61 Å². The first-order chi connectivity index (χ1) is 12.6. The highest BCUT2D eigenvalue weighted by molar-refractivity contribution is 5.86. The zero-order chi connectivity index (χ0) is 18.5. The zero-order valence-corrected chi connectivity index (χ0v) is 15.5. The molecule has 0 unspecified atom stereocenters. The fourth-order valence-electron chi connectivity index (χ4n) is 2.92. The van der Waals surface area contributed by atoms with Crippen LogP contribution in [0, 0.1) is 6.92 Å². The lowest BCUT2D eigenvalue weighted by Gasteiger charge is -2.14. The minimum atomic E-state index is -0.374. The molecule has 1 amide bonds. The molecule has 1 aromatic heterocycles. The predicted molar refractivity (Wildman–Crippen MR) is 103 cm³/mol. The fraction of sp³-hybridized carbons (Fsp3) is 0.333. The highest BCUT2D eigenvalue weighted by atomic mass is 16.5. The summed E-state index contributed by atoms with van der Waals surface area (Å²) >= 11 is 0. The van der Waals surface area contributed by atoms with Crippen molar-refractivity contribution in [1.29, 1.82) is 0 Å². The van der Waals surface area contributed by atoms with Crippen molar-refractivity contribution in [1.82, 2.24) is 15.1 Å². The van der Waals surface area contributed by atoms with Crippen LogP contribution in [0.1, 0.15) is 37.6 Å². The Labute approximate surface area is 154 Å². The Kier molecular flexibility index (Phi) is 5.56. The Morgan fingerprint density at radius 3 is 2.65 bits per heavy atom. The summed E-state index contributed by atoms with van der Waals surface area (Å²) in [4.78, 5) is 12.6. The number of para-hydroxylation sites is 1. The summed E-state index contributed by atoms with van der Waals surface area (Å²) in [6.07, 6.45) is 0.983. The van der Waals surface area contributed by atoms with Crippen LogP contribution in [0.4, 0.5) is 0 Å². The molecule has 5 nitrogen and oxygen atoms in total. The first kappa shape index (κ1) is 18.0. The van der Waals surface area contributed by atoms with Crippen LogP contribution in [0.2, 0.25) is 0 Å². The van der Waals surface area contributed by atoms with Gasteiger partial charge in [-0.05, 0) is 44.0 Å². The van der Waals surface area contributed by atoms with Crippen molar-refractivity contribution in [2.45, 2.75) is 39.8 Å². The molecule has 5 heteroatoms. The average Bonchev–Trinajstić information content (AvgIpc) is 3.01. The molecule has 2 aromatic carbocycles. The molecule has 0 aliphatic rings. The lowest BCUT2D eigenvalue weighted by atomic mass is 10.2. The summed E-state index contributed by atoms with van der Waals surface area (Å²) in [5, 5.41) is 8.62. The van der Waals surface area contributed by atoms with Crippen LogP contribution in [0.5, 0.6) is 5.75 Å². The standard InChI is InChI=1S/C21H25N3O2/c1-4-13-26-18-11-9-17(10-12-18)14-22-21(25)16(3)24-20-8-6-5-7-19(20)15(2)23-24/h5-12,16H,4,13-14H2,1-3H3,(H,22,25)/t16-/m0/s1. The molecule has 1 atom stereocenters. The fourth-order valence-corrected chi connectivity index (χ4v) is 2.92. The molecule has 0 saturated heterocycles. The molecule has 26 heavy (non-hydrogen) atoms. The average molecular weight is 351 g/mol. The molecule has 1 heterocycles. The molecular weight excluding hydrogens is 326 g/mol. The minimum Gasteiger partial charge on any atom is -0.494 e. The van der Waals surface area contributed by atoms with E-state index < -0.39 is 0 Å². The number of carbonyl (C=O) groups is 1. The Hall–Kier alpha value is -2.82. The van der Waals surface area contributed by atoms with E-state index in [1.807, 2.05) is 62.4 Å². The highest BCUT2D eigenvalue weighted by Crippen LogP contribution is 2.21. The van der Waals surface area contributed by atoms with E-state index in [9.17, 15) is 4.79 Å². The maximum atomic E-state index is 12.6. The highest BCUT2D eigenvalue weighted by Gasteiger charge is 2.18. The number of nitrogens with one attached hydrogen (secondary N) is 1. The van der Waals surface area contributed by atoms with Gasteiger partial charge in [-0.3, -0.25) is 9.48 Å². The Morgan fingerprint density at radius 1 is 1.19 bits per heavy atom. The Balaban J connectivity index is 1.64. The third kappa shape index (κ3) is 3.87. The van der Waals surface area contributed by atoms with Gasteiger partial charge in [0.25, 0.3) is 0 Å². The van der Waals surface area contributed by atoms with Crippen LogP contribution in [0.3, 0.4) is 0 Å². The van der Waals surface area contributed by atoms with E-state index in [-0.39, 0.29) is 11.9 Å². The van der Waals surface area contributed by atoms with Crippen LogP contribution < -0.4 is 10.1 Å². The summed E-state index contributed by atoms with van der Waals surface area (Å²) in [5.41, 5.74) is 2.95. The molecule has 0 saturated carbocycles. The monoisotopic (exact) mass is 351 g/mol. The largest absolute Gasteiger partial charge is 0.494 e. The lowest BCUT2D eigenvalue weighted by molar-refractivity contribution is -0.124. The number of fused-ring (bicyclic) bond motifs is 1. The second kappa shape index (κ2) is 8.04. The van der Waals surface area contributed by atoms with E-state index in [4.69, 9.17) is 4.74 Å². The van der Waals surface area contributed by atoms with Crippen molar-refractivity contribution in [3.63, 3.8) is 0 Å². The lowest BCUT2D eigenvalue weighted by Crippen LogP contribution is -2.31. The van der Waals surface area contributed by atoms with E-state index in [1.165, 1.54) is 0 Å². The number of rotatable bonds is 7. The normalized spacial score (nSPS) is 12.1. The summed E-state index contributed by atoms with van der Waals surface area (Å²) in [6.45, 7) is 7.11. The zero-order valence-electron chi connectivity index (χ0n) is 15.5. The number of aryl methyl sites for hydroxylation is 1. The molecule has 0 aliphatic carbocycles. The predicted octanol–water partition coefficient (Wildman–Crippen LogP) is 4.01. The molecule has 0 fully saturated rings. The van der Waals surface area contributed by atoms with Crippen molar-refractivity contribution in [3.05, 3.63) is 59.8 Å². The summed E-state index contributed by atoms with van der Waals surface area (Å²) < 4.78 is 7.37. The summed E-state index contributed by atoms with van der Waals surface area (Å²) in [6, 6.07) is 15.4. The molecule has 0 radical (unpaired) electrons. The van der Waals surface area contributed by atoms with Gasteiger partial charge in [0.05, 0.1) is 17.8 Å². The SMILES string of the molecule is CCCOc1ccc(CNC(=O)[C@H](C)n2nc(C)c3ccccc32)cc1. The topological polar surface area (TPSA) is 56.1 Å². The molecular formula is C21H25N3O2. The third-order valence-electron chi connectivity index (χ3n) is 4.41. The van der Waals surface area contributed by atoms with Crippen LogP contribution >= 0.6 is 0 Å². The quantitative estimate of drug-likeness (QED) is 0.700. The van der Waals surface area contributed by atoms with Gasteiger partial charge < -0.3 is 10.1 Å². The Morgan fingerprint density at radius 2 is 1.92 bits per heavy atom. The van der Waals surface area contributed by atoms with Gasteiger partial charge >= 0.3 is 0 Å². The van der Waals surface area contributed by atoms with Gasteiger partial charge in [0.15, 0.2) is 0 Å². The molecule has 3 rings (SSSR count). The van der Waals surface area contributed by atoms with Gasteiger partial charge in [-0.25, -0.2) is 0 Å². The minimum absolute atomic E-state index is 0.0513. The summed E-state index contributed by atoms with van der Waals surface area (Å²) in [7, 11) is 0. The summed E-state index contributed by atoms with van der Waals surface area (Å²) in [5.74, 6) is 0.804. The maximum Gasteiger partial charge on any atom is 0.244 e. The number of nitrogens with zero attached hydrogens (tertiary/aromatic N) is 2. The van der Waals surface area contributed by atoms with Crippen molar-refractivity contribution in [3.8, 4) is 5.75 Å². The molecule has 0 bridgehead atoms. The molecule has 3 aromatic rings. The number of amides is 1. The van der Waals surface area contributed by atoms with E-state index in [0.717, 1.165) is 34.3 Å². The van der Waals surface area contributed by atoms with Crippen LogP contribution in [0.25, 0.3) is 10.9 Å². The number of benzene rings is 2. The molecule has 0 spiro atoms. The van der Waals surface area contributed by atoms with Crippen molar-refractivity contribution in [2.24, 2.45) is 0 Å². The molecule has 0 aliphatic heterocycles. The Bertz CT molecular complexity index is 884. The molecule has 136 valence electrons. The van der Waals surface area contributed by atoms with Crippen molar-refractivity contribution < 1.29 is 9.53 Å². The third-order valence-corrected chi connectivity index (χ3v) is 4.41. The number of hydrogen-bond acceptors (Lipinski definition) is 3. The maximum absolute atomic E-state index is 12.6. The van der Waals surface area contributed by atoms with E-state index in [0.29, 0.717) is 13.2 Å². The van der Waals surface area contributed by atoms with Crippen LogP contribution in [-0.2, 0) is 11.3 Å². The number of hydrogen-bond donors (Lipinski definition) is 1. The van der Waals surface area contributed by atoms with E-state index in [2.05, 4.69) is 17.3 Å². The van der Waals surface area contributed by atoms with Gasteiger partial charge in [0.1, 0.15) is 11.8 Å². The second-order valence-electron chi connectivity index (χ2n) is 6.43. The van der Waals surface area contributed by atoms with Crippen LogP contribution in [-0.4, -0.2) is 22.3 Å². The number of aromatic nitrogens is 2. The van der Waals surface area contributed by atoms with Crippen molar-refractivity contribution >= 4 is 16.8 Å². The first-order valence-corrected chi connectivity index (χ1v) is 9.03. The molecule has 1 N–H and O–H groups in total. The second-order valence-corrected chi connectivity index (χ2v) is 6.43. The van der Waals surface area contributed by atoms with Gasteiger partial charge in [-0.1, -0.05) is 37.3 Å². The van der Waals surface area contributed by atoms with E-state index >= 15 is 0 Å². The van der Waals surface area contributed by atoms with Crippen LogP contribution in [0.15, 0.2) is 48.5 Å². The first-order valence-electron chi connectivity index (χ1n) is 9.03.